The van der Waals surface area contributed by atoms with Gasteiger partial charge in [0.05, 0.1) is 18.8 Å². The van der Waals surface area contributed by atoms with Crippen LogP contribution in [0.4, 0.5) is 10.5 Å². The Hall–Kier alpha value is -2.40. The quantitative estimate of drug-likeness (QED) is 0.824. The highest BCUT2D eigenvalue weighted by molar-refractivity contribution is 5.89. The topological polar surface area (TPSA) is 63.2 Å². The molecular formula is C18H21N3O2. The predicted octanol–water partition coefficient (Wildman–Crippen LogP) is 3.33. The summed E-state index contributed by atoms with van der Waals surface area (Å²) in [6.45, 7) is 1.82. The van der Waals surface area contributed by atoms with Crippen molar-refractivity contribution in [3.05, 3.63) is 59.9 Å². The van der Waals surface area contributed by atoms with Crippen molar-refractivity contribution in [3.63, 3.8) is 0 Å². The van der Waals surface area contributed by atoms with Crippen LogP contribution in [0.3, 0.4) is 0 Å². The summed E-state index contributed by atoms with van der Waals surface area (Å²) in [6, 6.07) is 13.1. The second-order valence-electron chi connectivity index (χ2n) is 5.79. The largest absolute Gasteiger partial charge is 0.376 e. The van der Waals surface area contributed by atoms with E-state index in [2.05, 4.69) is 15.6 Å². The van der Waals surface area contributed by atoms with E-state index in [4.69, 9.17) is 4.74 Å². The van der Waals surface area contributed by atoms with Crippen molar-refractivity contribution >= 4 is 11.7 Å². The third kappa shape index (κ3) is 5.38. The van der Waals surface area contributed by atoms with Crippen LogP contribution in [0.25, 0.3) is 0 Å². The Balaban J connectivity index is 1.45. The van der Waals surface area contributed by atoms with Crippen molar-refractivity contribution in [1.82, 2.24) is 10.3 Å². The summed E-state index contributed by atoms with van der Waals surface area (Å²) in [7, 11) is 0. The molecule has 2 aromatic rings. The van der Waals surface area contributed by atoms with Crippen LogP contribution in [0.15, 0.2) is 48.7 Å². The molecule has 0 aliphatic heterocycles. The van der Waals surface area contributed by atoms with E-state index >= 15 is 0 Å². The van der Waals surface area contributed by atoms with Gasteiger partial charge >= 0.3 is 6.03 Å². The molecule has 0 radical (unpaired) electrons. The number of anilines is 1. The van der Waals surface area contributed by atoms with E-state index in [1.54, 1.807) is 6.20 Å². The Morgan fingerprint density at radius 3 is 2.91 bits per heavy atom. The molecule has 1 aliphatic carbocycles. The summed E-state index contributed by atoms with van der Waals surface area (Å²) in [5, 5.41) is 5.62. The third-order valence-corrected chi connectivity index (χ3v) is 3.66. The zero-order valence-electron chi connectivity index (χ0n) is 13.0. The summed E-state index contributed by atoms with van der Waals surface area (Å²) >= 11 is 0. The molecule has 1 aromatic carbocycles. The minimum atomic E-state index is -0.244. The van der Waals surface area contributed by atoms with Crippen molar-refractivity contribution in [3.8, 4) is 0 Å². The first kappa shape index (κ1) is 15.5. The predicted molar refractivity (Wildman–Crippen MR) is 88.9 cm³/mol. The Morgan fingerprint density at radius 2 is 2.13 bits per heavy atom. The van der Waals surface area contributed by atoms with E-state index in [0.29, 0.717) is 13.2 Å². The molecule has 0 bridgehead atoms. The number of carbonyl (C=O) groups is 1. The van der Waals surface area contributed by atoms with Crippen LogP contribution in [0, 0.1) is 5.92 Å². The summed E-state index contributed by atoms with van der Waals surface area (Å²) < 4.78 is 5.67. The Kier molecular flexibility index (Phi) is 5.21. The molecule has 2 N–H and O–H groups in total. The van der Waals surface area contributed by atoms with Crippen molar-refractivity contribution in [2.75, 3.05) is 11.9 Å². The molecule has 1 heterocycles. The molecular weight excluding hydrogens is 290 g/mol. The maximum Gasteiger partial charge on any atom is 0.319 e. The average molecular weight is 311 g/mol. The maximum atomic E-state index is 11.9. The summed E-state index contributed by atoms with van der Waals surface area (Å²) in [5.74, 6) is 0.758. The summed E-state index contributed by atoms with van der Waals surface area (Å²) in [4.78, 5) is 16.1. The molecule has 1 aliphatic rings. The molecule has 1 fully saturated rings. The molecule has 0 spiro atoms. The molecule has 120 valence electrons. The average Bonchev–Trinajstić information content (AvgIpc) is 3.39. The number of aromatic nitrogens is 1. The lowest BCUT2D eigenvalue weighted by atomic mass is 10.2. The van der Waals surface area contributed by atoms with E-state index in [0.717, 1.165) is 29.5 Å². The second-order valence-corrected chi connectivity index (χ2v) is 5.79. The monoisotopic (exact) mass is 311 g/mol. The van der Waals surface area contributed by atoms with E-state index in [9.17, 15) is 4.79 Å². The highest BCUT2D eigenvalue weighted by atomic mass is 16.5. The molecule has 2 amide bonds. The van der Waals surface area contributed by atoms with Crippen LogP contribution in [0.5, 0.6) is 0 Å². The number of nitrogens with one attached hydrogen (secondary N) is 2. The van der Waals surface area contributed by atoms with E-state index in [-0.39, 0.29) is 6.03 Å². The van der Waals surface area contributed by atoms with Crippen molar-refractivity contribution in [1.29, 1.82) is 0 Å². The van der Waals surface area contributed by atoms with Gasteiger partial charge in [-0.2, -0.15) is 0 Å². The number of nitrogens with zero attached hydrogens (tertiary/aromatic N) is 1. The fourth-order valence-corrected chi connectivity index (χ4v) is 2.22. The first-order valence-corrected chi connectivity index (χ1v) is 7.91. The van der Waals surface area contributed by atoms with Gasteiger partial charge in [0.1, 0.15) is 0 Å². The fraction of sp³-hybridized carbons (Fsp3) is 0.333. The normalized spacial score (nSPS) is 13.6. The standard InChI is InChI=1S/C18H21N3O2/c22-18(20-11-17-5-1-2-9-19-17)21-16-6-3-4-15(10-16)13-23-12-14-7-8-14/h1-6,9-10,14H,7-8,11-13H2,(H2,20,21,22). The molecule has 0 unspecified atom stereocenters. The van der Waals surface area contributed by atoms with Crippen LogP contribution in [-0.4, -0.2) is 17.6 Å². The van der Waals surface area contributed by atoms with Crippen molar-refractivity contribution in [2.24, 2.45) is 5.92 Å². The van der Waals surface area contributed by atoms with Crippen LogP contribution >= 0.6 is 0 Å². The Labute approximate surface area is 136 Å². The lowest BCUT2D eigenvalue weighted by Gasteiger charge is -2.09. The van der Waals surface area contributed by atoms with Gasteiger partial charge in [-0.1, -0.05) is 18.2 Å². The zero-order valence-corrected chi connectivity index (χ0v) is 13.0. The molecule has 0 atom stereocenters. The highest BCUT2D eigenvalue weighted by Crippen LogP contribution is 2.29. The number of urea groups is 1. The first-order chi connectivity index (χ1) is 11.3. The van der Waals surface area contributed by atoms with Gasteiger partial charge in [-0.25, -0.2) is 4.79 Å². The molecule has 23 heavy (non-hydrogen) atoms. The van der Waals surface area contributed by atoms with E-state index in [1.165, 1.54) is 12.8 Å². The lowest BCUT2D eigenvalue weighted by molar-refractivity contribution is 0.111. The molecule has 0 saturated heterocycles. The number of hydrogen-bond donors (Lipinski definition) is 2. The fourth-order valence-electron chi connectivity index (χ4n) is 2.22. The van der Waals surface area contributed by atoms with Gasteiger partial charge in [-0.3, -0.25) is 4.98 Å². The van der Waals surface area contributed by atoms with E-state index in [1.807, 2.05) is 42.5 Å². The second kappa shape index (κ2) is 7.74. The smallest absolute Gasteiger partial charge is 0.319 e. The number of ether oxygens (including phenoxy) is 1. The lowest BCUT2D eigenvalue weighted by Crippen LogP contribution is -2.28. The van der Waals surface area contributed by atoms with Crippen molar-refractivity contribution in [2.45, 2.75) is 26.0 Å². The molecule has 5 nitrogen and oxygen atoms in total. The van der Waals surface area contributed by atoms with Gasteiger partial charge in [0.15, 0.2) is 0 Å². The van der Waals surface area contributed by atoms with E-state index < -0.39 is 0 Å². The van der Waals surface area contributed by atoms with Crippen LogP contribution in [0.1, 0.15) is 24.1 Å². The first-order valence-electron chi connectivity index (χ1n) is 7.91. The van der Waals surface area contributed by atoms with Gasteiger partial charge in [0, 0.05) is 18.5 Å². The molecule has 1 aromatic heterocycles. The van der Waals surface area contributed by atoms with Gasteiger partial charge in [0.2, 0.25) is 0 Å². The van der Waals surface area contributed by atoms with Crippen LogP contribution < -0.4 is 10.6 Å². The third-order valence-electron chi connectivity index (χ3n) is 3.66. The molecule has 3 rings (SSSR count). The minimum Gasteiger partial charge on any atom is -0.376 e. The SMILES string of the molecule is O=C(NCc1ccccn1)Nc1cccc(COCC2CC2)c1. The maximum absolute atomic E-state index is 11.9. The number of amides is 2. The number of carbonyl (C=O) groups excluding carboxylic acids is 1. The van der Waals surface area contributed by atoms with Gasteiger partial charge < -0.3 is 15.4 Å². The van der Waals surface area contributed by atoms with Gasteiger partial charge in [0.25, 0.3) is 0 Å². The number of rotatable bonds is 7. The Bertz CT molecular complexity index is 642. The Morgan fingerprint density at radius 1 is 1.22 bits per heavy atom. The number of pyridine rings is 1. The van der Waals surface area contributed by atoms with Gasteiger partial charge in [-0.05, 0) is 48.6 Å². The number of benzene rings is 1. The molecule has 1 saturated carbocycles. The van der Waals surface area contributed by atoms with Gasteiger partial charge in [-0.15, -0.1) is 0 Å². The number of hydrogen-bond acceptors (Lipinski definition) is 3. The highest BCUT2D eigenvalue weighted by Gasteiger charge is 2.20. The van der Waals surface area contributed by atoms with Crippen molar-refractivity contribution < 1.29 is 9.53 Å². The zero-order chi connectivity index (χ0) is 15.9. The van der Waals surface area contributed by atoms with Crippen LogP contribution in [0.2, 0.25) is 0 Å². The minimum absolute atomic E-state index is 0.244. The summed E-state index contributed by atoms with van der Waals surface area (Å²) in [5.41, 5.74) is 2.65. The van der Waals surface area contributed by atoms with Crippen LogP contribution in [-0.2, 0) is 17.9 Å². The molecule has 5 heteroatoms. The summed E-state index contributed by atoms with van der Waals surface area (Å²) in [6.07, 6.45) is 4.29.